The van der Waals surface area contributed by atoms with Gasteiger partial charge in [0.25, 0.3) is 5.91 Å². The molecule has 0 spiro atoms. The lowest BCUT2D eigenvalue weighted by atomic mass is 10.1. The van der Waals surface area contributed by atoms with E-state index in [1.165, 1.54) is 11.8 Å². The molecule has 0 saturated carbocycles. The number of nitrogens with one attached hydrogen (secondary N) is 2. The maximum Gasteiger partial charge on any atom is 0.251 e. The van der Waals surface area contributed by atoms with Crippen LogP contribution in [0.5, 0.6) is 0 Å². The van der Waals surface area contributed by atoms with Crippen LogP contribution in [0, 0.1) is 0 Å². The Balaban J connectivity index is 1.79. The fourth-order valence-corrected chi connectivity index (χ4v) is 3.11. The van der Waals surface area contributed by atoms with E-state index < -0.39 is 0 Å². The fraction of sp³-hybridized carbons (Fsp3) is 0.529. The van der Waals surface area contributed by atoms with Crippen molar-refractivity contribution in [2.24, 2.45) is 0 Å². The molecule has 1 heterocycles. The van der Waals surface area contributed by atoms with Crippen molar-refractivity contribution in [2.75, 3.05) is 25.1 Å². The molecule has 23 heavy (non-hydrogen) atoms. The van der Waals surface area contributed by atoms with Crippen molar-refractivity contribution in [3.8, 4) is 0 Å². The van der Waals surface area contributed by atoms with Crippen LogP contribution in [0.2, 0.25) is 0 Å². The lowest BCUT2D eigenvalue weighted by molar-refractivity contribution is -0.115. The third-order valence-corrected chi connectivity index (χ3v) is 4.74. The molecule has 0 aromatic heterocycles. The van der Waals surface area contributed by atoms with Crippen LogP contribution in [0.25, 0.3) is 0 Å². The summed E-state index contributed by atoms with van der Waals surface area (Å²) in [7, 11) is 0. The number of hydrogen-bond acceptors (Lipinski definition) is 4. The van der Waals surface area contributed by atoms with Crippen molar-refractivity contribution in [3.63, 3.8) is 0 Å². The number of anilines is 1. The lowest BCUT2D eigenvalue weighted by Crippen LogP contribution is -2.28. The molecule has 6 heteroatoms. The minimum atomic E-state index is -0.126. The van der Waals surface area contributed by atoms with Crippen LogP contribution < -0.4 is 10.6 Å². The number of carbonyl (C=O) groups is 2. The number of carbonyl (C=O) groups excluding carboxylic acids is 2. The number of ether oxygens (including phenoxy) is 1. The predicted octanol–water partition coefficient (Wildman–Crippen LogP) is 3.06. The Morgan fingerprint density at radius 2 is 2.13 bits per heavy atom. The van der Waals surface area contributed by atoms with Gasteiger partial charge in [-0.1, -0.05) is 13.3 Å². The highest BCUT2D eigenvalue weighted by Gasteiger charge is 2.23. The van der Waals surface area contributed by atoms with Crippen LogP contribution in [0.4, 0.5) is 5.69 Å². The molecule has 2 amide bonds. The molecular formula is C17H24N2O3S. The zero-order chi connectivity index (χ0) is 16.7. The molecule has 1 unspecified atom stereocenters. The van der Waals surface area contributed by atoms with Gasteiger partial charge >= 0.3 is 0 Å². The van der Waals surface area contributed by atoms with E-state index in [0.717, 1.165) is 30.8 Å². The number of fused-ring (bicyclic) bond motifs is 1. The van der Waals surface area contributed by atoms with Crippen molar-refractivity contribution in [1.82, 2.24) is 5.32 Å². The van der Waals surface area contributed by atoms with Crippen molar-refractivity contribution in [3.05, 3.63) is 23.8 Å². The van der Waals surface area contributed by atoms with Gasteiger partial charge in [-0.25, -0.2) is 0 Å². The normalized spacial score (nSPS) is 16.6. The summed E-state index contributed by atoms with van der Waals surface area (Å²) >= 11 is 1.51. The van der Waals surface area contributed by atoms with Crippen LogP contribution in [0.15, 0.2) is 23.1 Å². The molecule has 1 aliphatic rings. The van der Waals surface area contributed by atoms with Gasteiger partial charge in [0.2, 0.25) is 5.91 Å². The Bertz CT molecular complexity index is 563. The van der Waals surface area contributed by atoms with Gasteiger partial charge in [0.15, 0.2) is 0 Å². The second-order valence-electron chi connectivity index (χ2n) is 5.54. The van der Waals surface area contributed by atoms with Gasteiger partial charge in [-0.3, -0.25) is 9.59 Å². The summed E-state index contributed by atoms with van der Waals surface area (Å²) < 4.78 is 5.46. The number of hydrogen-bond donors (Lipinski definition) is 2. The Morgan fingerprint density at radius 1 is 1.35 bits per heavy atom. The molecule has 2 rings (SSSR count). The van der Waals surface area contributed by atoms with E-state index in [4.69, 9.17) is 4.74 Å². The second kappa shape index (κ2) is 8.93. The molecular weight excluding hydrogens is 312 g/mol. The third-order valence-electron chi connectivity index (χ3n) is 3.57. The van der Waals surface area contributed by atoms with E-state index in [0.29, 0.717) is 24.4 Å². The van der Waals surface area contributed by atoms with E-state index in [2.05, 4.69) is 17.6 Å². The maximum atomic E-state index is 12.1. The molecule has 0 fully saturated rings. The number of thioether (sulfide) groups is 1. The largest absolute Gasteiger partial charge is 0.381 e. The monoisotopic (exact) mass is 336 g/mol. The molecule has 1 atom stereocenters. The Labute approximate surface area is 141 Å². The molecule has 0 aliphatic carbocycles. The second-order valence-corrected chi connectivity index (χ2v) is 6.92. The van der Waals surface area contributed by atoms with E-state index in [1.54, 1.807) is 12.1 Å². The zero-order valence-electron chi connectivity index (χ0n) is 13.7. The summed E-state index contributed by atoms with van der Waals surface area (Å²) in [5.74, 6) is -0.150. The van der Waals surface area contributed by atoms with Crippen molar-refractivity contribution in [2.45, 2.75) is 43.3 Å². The molecule has 1 aromatic carbocycles. The van der Waals surface area contributed by atoms with Crippen molar-refractivity contribution < 1.29 is 14.3 Å². The summed E-state index contributed by atoms with van der Waals surface area (Å²) in [6.45, 7) is 6.02. The molecule has 5 nitrogen and oxygen atoms in total. The first-order valence-corrected chi connectivity index (χ1v) is 8.97. The van der Waals surface area contributed by atoms with Crippen LogP contribution in [-0.4, -0.2) is 36.8 Å². The average Bonchev–Trinajstić information content (AvgIpc) is 2.54. The summed E-state index contributed by atoms with van der Waals surface area (Å²) in [6, 6.07) is 5.42. The highest BCUT2D eigenvalue weighted by Crippen LogP contribution is 2.35. The van der Waals surface area contributed by atoms with Gasteiger partial charge in [0, 0.05) is 30.2 Å². The van der Waals surface area contributed by atoms with E-state index in [1.807, 2.05) is 13.0 Å². The highest BCUT2D eigenvalue weighted by atomic mass is 32.2. The summed E-state index contributed by atoms with van der Waals surface area (Å²) in [4.78, 5) is 24.8. The predicted molar refractivity (Wildman–Crippen MR) is 93.1 cm³/mol. The van der Waals surface area contributed by atoms with Crippen LogP contribution in [0.3, 0.4) is 0 Å². The minimum absolute atomic E-state index is 0.0238. The lowest BCUT2D eigenvalue weighted by Gasteiger charge is -2.21. The number of benzene rings is 1. The standard InChI is InChI=1S/C17H24N2O3S/c1-3-4-9-22-10-5-8-18-17(21)13-6-7-15-14(11-13)19-16(20)12(2)23-15/h6-7,11-12H,3-5,8-10H2,1-2H3,(H,18,21)(H,19,20). The van der Waals surface area contributed by atoms with Gasteiger partial charge in [-0.05, 0) is 38.0 Å². The Kier molecular flexibility index (Phi) is 6.92. The van der Waals surface area contributed by atoms with Gasteiger partial charge in [-0.2, -0.15) is 0 Å². The SMILES string of the molecule is CCCCOCCCNC(=O)c1ccc2c(c1)NC(=O)C(C)S2. The summed E-state index contributed by atoms with van der Waals surface area (Å²) in [6.07, 6.45) is 3.00. The smallest absolute Gasteiger partial charge is 0.251 e. The number of unbranched alkanes of at least 4 members (excludes halogenated alkanes) is 1. The first kappa shape index (κ1) is 17.8. The number of amides is 2. The van der Waals surface area contributed by atoms with E-state index in [9.17, 15) is 9.59 Å². The van der Waals surface area contributed by atoms with Gasteiger partial charge in [0.05, 0.1) is 10.9 Å². The summed E-state index contributed by atoms with van der Waals surface area (Å²) in [5, 5.41) is 5.62. The van der Waals surface area contributed by atoms with Gasteiger partial charge in [0.1, 0.15) is 0 Å². The van der Waals surface area contributed by atoms with Gasteiger partial charge in [-0.15, -0.1) is 11.8 Å². The van der Waals surface area contributed by atoms with Crippen LogP contribution in [-0.2, 0) is 9.53 Å². The molecule has 0 saturated heterocycles. The Hall–Kier alpha value is -1.53. The highest BCUT2D eigenvalue weighted by molar-refractivity contribution is 8.00. The molecule has 1 aliphatic heterocycles. The first-order valence-electron chi connectivity index (χ1n) is 8.09. The van der Waals surface area contributed by atoms with E-state index in [-0.39, 0.29) is 17.1 Å². The topological polar surface area (TPSA) is 67.4 Å². The third kappa shape index (κ3) is 5.25. The van der Waals surface area contributed by atoms with Crippen molar-refractivity contribution in [1.29, 1.82) is 0 Å². The first-order chi connectivity index (χ1) is 11.1. The maximum absolute atomic E-state index is 12.1. The van der Waals surface area contributed by atoms with Crippen LogP contribution >= 0.6 is 11.8 Å². The molecule has 0 bridgehead atoms. The Morgan fingerprint density at radius 3 is 2.91 bits per heavy atom. The average molecular weight is 336 g/mol. The molecule has 2 N–H and O–H groups in total. The molecule has 0 radical (unpaired) electrons. The molecule has 126 valence electrons. The quantitative estimate of drug-likeness (QED) is 0.716. The minimum Gasteiger partial charge on any atom is -0.381 e. The zero-order valence-corrected chi connectivity index (χ0v) is 14.5. The van der Waals surface area contributed by atoms with Crippen molar-refractivity contribution >= 4 is 29.3 Å². The fourth-order valence-electron chi connectivity index (χ4n) is 2.18. The van der Waals surface area contributed by atoms with Crippen LogP contribution in [0.1, 0.15) is 43.5 Å². The number of rotatable bonds is 8. The van der Waals surface area contributed by atoms with Gasteiger partial charge < -0.3 is 15.4 Å². The molecule has 1 aromatic rings. The van der Waals surface area contributed by atoms with E-state index >= 15 is 0 Å². The summed E-state index contributed by atoms with van der Waals surface area (Å²) in [5.41, 5.74) is 1.28.